The van der Waals surface area contributed by atoms with Gasteiger partial charge in [0.1, 0.15) is 0 Å². The number of rotatable bonds is 2. The van der Waals surface area contributed by atoms with Gasteiger partial charge < -0.3 is 5.11 Å². The molecular formula is C8H14O. The lowest BCUT2D eigenvalue weighted by atomic mass is 10.1. The van der Waals surface area contributed by atoms with Gasteiger partial charge in [0, 0.05) is 0 Å². The van der Waals surface area contributed by atoms with Crippen molar-refractivity contribution in [1.82, 2.24) is 0 Å². The normalized spacial score (nSPS) is 12.4. The second-order valence-corrected chi connectivity index (χ2v) is 2.83. The van der Waals surface area contributed by atoms with E-state index in [1.54, 1.807) is 26.0 Å². The summed E-state index contributed by atoms with van der Waals surface area (Å²) < 4.78 is 0. The van der Waals surface area contributed by atoms with Gasteiger partial charge in [0.05, 0.1) is 5.60 Å². The zero-order chi connectivity index (χ0) is 7.49. The first-order chi connectivity index (χ1) is 3.92. The van der Waals surface area contributed by atoms with Crippen LogP contribution in [0.5, 0.6) is 0 Å². The van der Waals surface area contributed by atoms with Crippen molar-refractivity contribution in [3.8, 4) is 0 Å². The van der Waals surface area contributed by atoms with E-state index < -0.39 is 5.60 Å². The summed E-state index contributed by atoms with van der Waals surface area (Å²) in [6.45, 7) is 9.01. The molecule has 0 aromatic carbocycles. The summed E-state index contributed by atoms with van der Waals surface area (Å²) in [6.07, 6.45) is 3.52. The predicted octanol–water partition coefficient (Wildman–Crippen LogP) is 1.89. The summed E-state index contributed by atoms with van der Waals surface area (Å²) >= 11 is 0. The van der Waals surface area contributed by atoms with Crippen molar-refractivity contribution in [3.63, 3.8) is 0 Å². The molecule has 9 heavy (non-hydrogen) atoms. The van der Waals surface area contributed by atoms with Crippen LogP contribution >= 0.6 is 0 Å². The topological polar surface area (TPSA) is 20.2 Å². The third-order valence-corrected chi connectivity index (χ3v) is 0.776. The molecule has 0 aliphatic heterocycles. The zero-order valence-electron chi connectivity index (χ0n) is 6.31. The molecule has 52 valence electrons. The van der Waals surface area contributed by atoms with Gasteiger partial charge in [-0.1, -0.05) is 24.3 Å². The molecule has 0 unspecified atom stereocenters. The van der Waals surface area contributed by atoms with Crippen LogP contribution in [0, 0.1) is 0 Å². The van der Waals surface area contributed by atoms with Gasteiger partial charge in [0.25, 0.3) is 0 Å². The van der Waals surface area contributed by atoms with Crippen molar-refractivity contribution in [3.05, 3.63) is 24.3 Å². The first kappa shape index (κ1) is 8.44. The highest BCUT2D eigenvalue weighted by atomic mass is 16.3. The molecule has 0 amide bonds. The fourth-order valence-corrected chi connectivity index (χ4v) is 0.346. The van der Waals surface area contributed by atoms with Crippen LogP contribution < -0.4 is 0 Å². The van der Waals surface area contributed by atoms with E-state index >= 15 is 0 Å². The van der Waals surface area contributed by atoms with Crippen molar-refractivity contribution in [2.24, 2.45) is 0 Å². The fraction of sp³-hybridized carbons (Fsp3) is 0.500. The van der Waals surface area contributed by atoms with Crippen molar-refractivity contribution in [2.75, 3.05) is 0 Å². The van der Waals surface area contributed by atoms with E-state index in [4.69, 9.17) is 5.11 Å². The third kappa shape index (κ3) is 7.44. The average Bonchev–Trinajstić information content (AvgIpc) is 1.59. The zero-order valence-corrected chi connectivity index (χ0v) is 6.31. The smallest absolute Gasteiger partial charge is 0.0774 e. The van der Waals surface area contributed by atoms with Crippen LogP contribution in [0.25, 0.3) is 0 Å². The van der Waals surface area contributed by atoms with Gasteiger partial charge in [-0.05, 0) is 20.8 Å². The molecule has 0 fully saturated rings. The van der Waals surface area contributed by atoms with E-state index in [-0.39, 0.29) is 0 Å². The Labute approximate surface area is 56.7 Å². The van der Waals surface area contributed by atoms with Crippen molar-refractivity contribution in [2.45, 2.75) is 26.4 Å². The molecule has 0 rings (SSSR count). The number of allylic oxidation sites excluding steroid dienone is 2. The number of hydrogen-bond acceptors (Lipinski definition) is 1. The summed E-state index contributed by atoms with van der Waals surface area (Å²) in [4.78, 5) is 0. The van der Waals surface area contributed by atoms with Crippen LogP contribution in [-0.2, 0) is 0 Å². The van der Waals surface area contributed by atoms with E-state index in [9.17, 15) is 0 Å². The molecule has 0 atom stereocenters. The Morgan fingerprint density at radius 3 is 2.11 bits per heavy atom. The minimum atomic E-state index is -0.709. The highest BCUT2D eigenvalue weighted by Gasteiger charge is 2.04. The quantitative estimate of drug-likeness (QED) is 0.560. The van der Waals surface area contributed by atoms with Crippen molar-refractivity contribution in [1.29, 1.82) is 0 Å². The van der Waals surface area contributed by atoms with Crippen LogP contribution in [0.1, 0.15) is 20.8 Å². The van der Waals surface area contributed by atoms with E-state index in [1.807, 2.05) is 6.92 Å². The van der Waals surface area contributed by atoms with Gasteiger partial charge in [0.15, 0.2) is 0 Å². The molecule has 0 saturated heterocycles. The molecule has 0 aliphatic rings. The average molecular weight is 126 g/mol. The van der Waals surface area contributed by atoms with Crippen molar-refractivity contribution >= 4 is 0 Å². The molecule has 0 radical (unpaired) electrons. The van der Waals surface area contributed by atoms with Gasteiger partial charge in [-0.15, -0.1) is 0 Å². The second-order valence-electron chi connectivity index (χ2n) is 2.83. The first-order valence-corrected chi connectivity index (χ1v) is 2.99. The molecule has 0 aromatic heterocycles. The summed E-state index contributed by atoms with van der Waals surface area (Å²) in [6, 6.07) is 0. The van der Waals surface area contributed by atoms with E-state index in [0.29, 0.717) is 0 Å². The maximum absolute atomic E-state index is 9.14. The molecule has 1 N–H and O–H groups in total. The Bertz CT molecular complexity index is 126. The standard InChI is InChI=1S/C8H14O/c1-7(2)5-6-8(3,4)9/h5-6,9H,1H2,2-4H3/b6-5+. The van der Waals surface area contributed by atoms with E-state index in [2.05, 4.69) is 6.58 Å². The summed E-state index contributed by atoms with van der Waals surface area (Å²) in [7, 11) is 0. The third-order valence-electron chi connectivity index (χ3n) is 0.776. The van der Waals surface area contributed by atoms with Crippen LogP contribution in [-0.4, -0.2) is 10.7 Å². The molecule has 0 heterocycles. The van der Waals surface area contributed by atoms with Crippen LogP contribution in [0.15, 0.2) is 24.3 Å². The van der Waals surface area contributed by atoms with Gasteiger partial charge >= 0.3 is 0 Å². The fourth-order valence-electron chi connectivity index (χ4n) is 0.346. The summed E-state index contributed by atoms with van der Waals surface area (Å²) in [5.74, 6) is 0. The summed E-state index contributed by atoms with van der Waals surface area (Å²) in [5, 5.41) is 9.14. The maximum atomic E-state index is 9.14. The SMILES string of the molecule is C=C(C)/C=C/C(C)(C)O. The lowest BCUT2D eigenvalue weighted by Crippen LogP contribution is -2.13. The molecule has 1 heteroatoms. The maximum Gasteiger partial charge on any atom is 0.0774 e. The highest BCUT2D eigenvalue weighted by molar-refractivity contribution is 5.14. The number of aliphatic hydroxyl groups is 1. The molecule has 0 bridgehead atoms. The molecule has 0 aromatic rings. The molecular weight excluding hydrogens is 112 g/mol. The Kier molecular flexibility index (Phi) is 2.65. The number of hydrogen-bond donors (Lipinski definition) is 1. The van der Waals surface area contributed by atoms with Crippen LogP contribution in [0.4, 0.5) is 0 Å². The van der Waals surface area contributed by atoms with Gasteiger partial charge in [0.2, 0.25) is 0 Å². The van der Waals surface area contributed by atoms with Crippen LogP contribution in [0.2, 0.25) is 0 Å². The van der Waals surface area contributed by atoms with Gasteiger partial charge in [-0.3, -0.25) is 0 Å². The van der Waals surface area contributed by atoms with E-state index in [1.165, 1.54) is 0 Å². The van der Waals surface area contributed by atoms with E-state index in [0.717, 1.165) is 5.57 Å². The molecule has 0 aliphatic carbocycles. The highest BCUT2D eigenvalue weighted by Crippen LogP contribution is 2.03. The van der Waals surface area contributed by atoms with Gasteiger partial charge in [-0.2, -0.15) is 0 Å². The minimum Gasteiger partial charge on any atom is -0.386 e. The van der Waals surface area contributed by atoms with Crippen molar-refractivity contribution < 1.29 is 5.11 Å². The molecule has 0 saturated carbocycles. The molecule has 1 nitrogen and oxygen atoms in total. The van der Waals surface area contributed by atoms with Gasteiger partial charge in [-0.25, -0.2) is 0 Å². The molecule has 0 spiro atoms. The first-order valence-electron chi connectivity index (χ1n) is 2.99. The lowest BCUT2D eigenvalue weighted by molar-refractivity contribution is 0.133. The summed E-state index contributed by atoms with van der Waals surface area (Å²) in [5.41, 5.74) is 0.246. The second kappa shape index (κ2) is 2.83. The predicted molar refractivity (Wildman–Crippen MR) is 40.3 cm³/mol. The Morgan fingerprint density at radius 2 is 2.00 bits per heavy atom. The lowest BCUT2D eigenvalue weighted by Gasteiger charge is -2.09. The Morgan fingerprint density at radius 1 is 1.56 bits per heavy atom. The Balaban J connectivity index is 3.86. The minimum absolute atomic E-state index is 0.709. The van der Waals surface area contributed by atoms with Crippen LogP contribution in [0.3, 0.4) is 0 Å². The largest absolute Gasteiger partial charge is 0.386 e. The monoisotopic (exact) mass is 126 g/mol. The Hall–Kier alpha value is -0.560.